The van der Waals surface area contributed by atoms with E-state index in [1.807, 2.05) is 12.1 Å². The molecule has 0 aromatic rings. The lowest BCUT2D eigenvalue weighted by molar-refractivity contribution is -0.137. The summed E-state index contributed by atoms with van der Waals surface area (Å²) in [5.41, 5.74) is 0. The highest BCUT2D eigenvalue weighted by atomic mass is 16.7. The molecule has 0 unspecified atom stereocenters. The largest absolute Gasteiger partial charge is 0.328 e. The molecule has 2 atom stereocenters. The Balaban J connectivity index is 2.74. The molecule has 58 valence electrons. The van der Waals surface area contributed by atoms with Gasteiger partial charge in [-0.15, -0.1) is 0 Å². The summed E-state index contributed by atoms with van der Waals surface area (Å²) in [7, 11) is 0. The van der Waals surface area contributed by atoms with Gasteiger partial charge < -0.3 is 9.47 Å². The summed E-state index contributed by atoms with van der Waals surface area (Å²) in [5, 5.41) is 17.0. The van der Waals surface area contributed by atoms with Crippen LogP contribution in [0.2, 0.25) is 0 Å². The van der Waals surface area contributed by atoms with Gasteiger partial charge in [0.1, 0.15) is 0 Å². The number of hydrogen-bond donors (Lipinski definition) is 0. The Morgan fingerprint density at radius 2 is 1.45 bits per heavy atom. The lowest BCUT2D eigenvalue weighted by atomic mass is 10.2. The highest BCUT2D eigenvalue weighted by Crippen LogP contribution is 2.26. The van der Waals surface area contributed by atoms with E-state index in [2.05, 4.69) is 0 Å². The zero-order chi connectivity index (χ0) is 8.48. The van der Waals surface area contributed by atoms with E-state index in [1.165, 1.54) is 0 Å². The molecule has 1 fully saturated rings. The second kappa shape index (κ2) is 2.50. The minimum Gasteiger partial charge on any atom is -0.328 e. The van der Waals surface area contributed by atoms with E-state index < -0.39 is 18.0 Å². The van der Waals surface area contributed by atoms with Crippen molar-refractivity contribution < 1.29 is 9.47 Å². The number of hydrogen-bond acceptors (Lipinski definition) is 4. The van der Waals surface area contributed by atoms with Gasteiger partial charge in [-0.05, 0) is 13.8 Å². The zero-order valence-electron chi connectivity index (χ0n) is 6.37. The third kappa shape index (κ3) is 1.48. The van der Waals surface area contributed by atoms with Crippen LogP contribution in [0.15, 0.2) is 0 Å². The van der Waals surface area contributed by atoms with Crippen LogP contribution in [-0.4, -0.2) is 18.0 Å². The third-order valence-electron chi connectivity index (χ3n) is 1.35. The van der Waals surface area contributed by atoms with E-state index in [4.69, 9.17) is 20.0 Å². The van der Waals surface area contributed by atoms with Crippen LogP contribution in [0.4, 0.5) is 0 Å². The van der Waals surface area contributed by atoms with Crippen LogP contribution in [0.1, 0.15) is 13.8 Å². The van der Waals surface area contributed by atoms with E-state index in [-0.39, 0.29) is 0 Å². The molecule has 4 nitrogen and oxygen atoms in total. The van der Waals surface area contributed by atoms with Crippen LogP contribution in [0.25, 0.3) is 0 Å². The molecule has 0 N–H and O–H groups in total. The van der Waals surface area contributed by atoms with Gasteiger partial charge in [-0.2, -0.15) is 10.5 Å². The highest BCUT2D eigenvalue weighted by molar-refractivity contribution is 5.05. The molecule has 1 aliphatic heterocycles. The average molecular weight is 152 g/mol. The van der Waals surface area contributed by atoms with Gasteiger partial charge in [0, 0.05) is 0 Å². The van der Waals surface area contributed by atoms with Crippen molar-refractivity contribution in [3.05, 3.63) is 0 Å². The van der Waals surface area contributed by atoms with Crippen molar-refractivity contribution in [2.75, 3.05) is 0 Å². The normalized spacial score (nSPS) is 34.2. The van der Waals surface area contributed by atoms with E-state index in [0.717, 1.165) is 0 Å². The standard InChI is InChI=1S/C7H8N2O2/c1-7(2)10-5(3-8)6(4-9)11-7/h5-6H,1-2H3/t5-,6-/m1/s1. The Hall–Kier alpha value is -1.10. The van der Waals surface area contributed by atoms with Crippen LogP contribution in [0.3, 0.4) is 0 Å². The number of rotatable bonds is 0. The minimum absolute atomic E-state index is 0.755. The van der Waals surface area contributed by atoms with Gasteiger partial charge in [0.25, 0.3) is 0 Å². The smallest absolute Gasteiger partial charge is 0.186 e. The fraction of sp³-hybridized carbons (Fsp3) is 0.714. The zero-order valence-corrected chi connectivity index (χ0v) is 6.37. The van der Waals surface area contributed by atoms with E-state index in [1.54, 1.807) is 13.8 Å². The van der Waals surface area contributed by atoms with Crippen molar-refractivity contribution in [2.24, 2.45) is 0 Å². The fourth-order valence-electron chi connectivity index (χ4n) is 0.951. The van der Waals surface area contributed by atoms with Crippen LogP contribution in [0.5, 0.6) is 0 Å². The third-order valence-corrected chi connectivity index (χ3v) is 1.35. The molecule has 0 saturated carbocycles. The van der Waals surface area contributed by atoms with Crippen LogP contribution >= 0.6 is 0 Å². The first-order valence-electron chi connectivity index (χ1n) is 3.24. The molecule has 0 aliphatic carbocycles. The molecular formula is C7H8N2O2. The van der Waals surface area contributed by atoms with Gasteiger partial charge in [-0.1, -0.05) is 0 Å². The maximum Gasteiger partial charge on any atom is 0.186 e. The molecule has 1 aliphatic rings. The summed E-state index contributed by atoms with van der Waals surface area (Å²) in [6, 6.07) is 3.70. The second-order valence-electron chi connectivity index (χ2n) is 2.73. The van der Waals surface area contributed by atoms with Crippen LogP contribution in [0, 0.1) is 22.7 Å². The Morgan fingerprint density at radius 3 is 1.73 bits per heavy atom. The monoisotopic (exact) mass is 152 g/mol. The molecule has 1 saturated heterocycles. The Morgan fingerprint density at radius 1 is 1.09 bits per heavy atom. The summed E-state index contributed by atoms with van der Waals surface area (Å²) >= 11 is 0. The molecule has 1 heterocycles. The first-order valence-corrected chi connectivity index (χ1v) is 3.24. The molecule has 0 aromatic carbocycles. The SMILES string of the molecule is CC1(C)O[C@H](C#N)[C@@H](C#N)O1. The fourth-order valence-corrected chi connectivity index (χ4v) is 0.951. The summed E-state index contributed by atoms with van der Waals surface area (Å²) in [6.45, 7) is 3.35. The Bertz CT molecular complexity index is 212. The molecule has 0 radical (unpaired) electrons. The number of nitrogens with zero attached hydrogens (tertiary/aromatic N) is 2. The molecule has 1 rings (SSSR count). The highest BCUT2D eigenvalue weighted by Gasteiger charge is 2.41. The lowest BCUT2D eigenvalue weighted by Crippen LogP contribution is -2.20. The molecule has 0 amide bonds. The van der Waals surface area contributed by atoms with Gasteiger partial charge in [0.15, 0.2) is 18.0 Å². The van der Waals surface area contributed by atoms with Crippen molar-refractivity contribution in [2.45, 2.75) is 31.8 Å². The Kier molecular flexibility index (Phi) is 1.82. The minimum atomic E-state index is -0.805. The lowest BCUT2D eigenvalue weighted by Gasteiger charge is -2.14. The summed E-state index contributed by atoms with van der Waals surface area (Å²) in [5.74, 6) is -0.805. The molecular weight excluding hydrogens is 144 g/mol. The maximum atomic E-state index is 8.49. The van der Waals surface area contributed by atoms with Gasteiger partial charge >= 0.3 is 0 Å². The molecule has 0 spiro atoms. The van der Waals surface area contributed by atoms with E-state index in [0.29, 0.717) is 0 Å². The van der Waals surface area contributed by atoms with Gasteiger partial charge in [0.2, 0.25) is 0 Å². The van der Waals surface area contributed by atoms with Crippen molar-refractivity contribution in [1.29, 1.82) is 10.5 Å². The number of nitriles is 2. The summed E-state index contributed by atoms with van der Waals surface area (Å²) in [4.78, 5) is 0. The average Bonchev–Trinajstić information content (AvgIpc) is 2.25. The van der Waals surface area contributed by atoms with Crippen molar-refractivity contribution in [3.63, 3.8) is 0 Å². The van der Waals surface area contributed by atoms with Crippen LogP contribution < -0.4 is 0 Å². The summed E-state index contributed by atoms with van der Waals surface area (Å²) < 4.78 is 10.2. The summed E-state index contributed by atoms with van der Waals surface area (Å²) in [6.07, 6.45) is -1.51. The maximum absolute atomic E-state index is 8.49. The van der Waals surface area contributed by atoms with Gasteiger partial charge in [0.05, 0.1) is 12.1 Å². The second-order valence-corrected chi connectivity index (χ2v) is 2.73. The van der Waals surface area contributed by atoms with Crippen molar-refractivity contribution in [3.8, 4) is 12.1 Å². The van der Waals surface area contributed by atoms with Crippen molar-refractivity contribution >= 4 is 0 Å². The number of ether oxygens (including phenoxy) is 2. The topological polar surface area (TPSA) is 66.0 Å². The first-order chi connectivity index (χ1) is 5.09. The molecule has 0 bridgehead atoms. The van der Waals surface area contributed by atoms with Gasteiger partial charge in [-0.25, -0.2) is 0 Å². The molecule has 11 heavy (non-hydrogen) atoms. The predicted molar refractivity (Wildman–Crippen MR) is 35.1 cm³/mol. The molecule has 0 aromatic heterocycles. The Labute approximate surface area is 64.9 Å². The quantitative estimate of drug-likeness (QED) is 0.508. The van der Waals surface area contributed by atoms with E-state index >= 15 is 0 Å². The van der Waals surface area contributed by atoms with E-state index in [9.17, 15) is 0 Å². The van der Waals surface area contributed by atoms with Crippen molar-refractivity contribution in [1.82, 2.24) is 0 Å². The van der Waals surface area contributed by atoms with Crippen LogP contribution in [-0.2, 0) is 9.47 Å². The first kappa shape index (κ1) is 8.00. The molecule has 4 heteroatoms. The predicted octanol–water partition coefficient (Wildman–Crippen LogP) is 0.554. The van der Waals surface area contributed by atoms with Gasteiger partial charge in [-0.3, -0.25) is 0 Å².